The van der Waals surface area contributed by atoms with E-state index in [1.807, 2.05) is 24.3 Å². The first-order valence-electron chi connectivity index (χ1n) is 13.6. The fourth-order valence-corrected chi connectivity index (χ4v) is 4.94. The molecule has 214 valence electrons. The predicted octanol–water partition coefficient (Wildman–Crippen LogP) is 3.61. The number of anilines is 1. The number of ether oxygens (including phenoxy) is 3. The summed E-state index contributed by atoms with van der Waals surface area (Å²) in [7, 11) is 1.53. The number of nitrogens with zero attached hydrogens (tertiary/aromatic N) is 4. The smallest absolute Gasteiger partial charge is 0.249 e. The third-order valence-electron chi connectivity index (χ3n) is 6.94. The summed E-state index contributed by atoms with van der Waals surface area (Å²) in [6.45, 7) is 2.89. The van der Waals surface area contributed by atoms with Crippen LogP contribution in [0.2, 0.25) is 0 Å². The largest absolute Gasteiger partial charge is 0.504 e. The molecule has 2 heterocycles. The fraction of sp³-hybridized carbons (Fsp3) is 0.333. The van der Waals surface area contributed by atoms with E-state index < -0.39 is 17.9 Å². The first kappa shape index (κ1) is 27.9. The predicted molar refractivity (Wildman–Crippen MR) is 152 cm³/mol. The van der Waals surface area contributed by atoms with Gasteiger partial charge in [0, 0.05) is 24.9 Å². The Morgan fingerprint density at radius 3 is 2.80 bits per heavy atom. The highest BCUT2D eigenvalue weighted by molar-refractivity contribution is 6.01. The molecule has 1 aromatic heterocycles. The van der Waals surface area contributed by atoms with Gasteiger partial charge in [0.1, 0.15) is 23.9 Å². The number of rotatable bonds is 11. The van der Waals surface area contributed by atoms with E-state index in [9.17, 15) is 14.7 Å². The summed E-state index contributed by atoms with van der Waals surface area (Å²) in [5.41, 5.74) is 2.24. The molecule has 0 bridgehead atoms. The maximum absolute atomic E-state index is 14.2. The third-order valence-corrected chi connectivity index (χ3v) is 6.94. The molecule has 3 aromatic carbocycles. The molecule has 1 aliphatic rings. The number of para-hydroxylation sites is 1. The van der Waals surface area contributed by atoms with Crippen molar-refractivity contribution >= 4 is 28.5 Å². The van der Waals surface area contributed by atoms with Crippen molar-refractivity contribution in [2.24, 2.45) is 0 Å². The van der Waals surface area contributed by atoms with Gasteiger partial charge in [-0.05, 0) is 61.7 Å². The Balaban J connectivity index is 1.58. The minimum atomic E-state index is -1.12. The van der Waals surface area contributed by atoms with Gasteiger partial charge in [0.15, 0.2) is 11.5 Å². The van der Waals surface area contributed by atoms with Crippen LogP contribution in [0.1, 0.15) is 31.4 Å². The van der Waals surface area contributed by atoms with Crippen LogP contribution in [0.5, 0.6) is 17.2 Å². The van der Waals surface area contributed by atoms with Gasteiger partial charge in [0.2, 0.25) is 11.8 Å². The zero-order chi connectivity index (χ0) is 28.8. The van der Waals surface area contributed by atoms with Crippen LogP contribution < -0.4 is 19.7 Å². The van der Waals surface area contributed by atoms with E-state index in [1.165, 1.54) is 22.8 Å². The van der Waals surface area contributed by atoms with E-state index >= 15 is 0 Å². The molecule has 0 saturated carbocycles. The number of aromatic nitrogens is 3. The van der Waals surface area contributed by atoms with E-state index in [0.717, 1.165) is 12.8 Å². The summed E-state index contributed by atoms with van der Waals surface area (Å²) in [6, 6.07) is 17.8. The quantitative estimate of drug-likeness (QED) is 0.285. The summed E-state index contributed by atoms with van der Waals surface area (Å²) in [5, 5.41) is 21.7. The Morgan fingerprint density at radius 1 is 1.17 bits per heavy atom. The van der Waals surface area contributed by atoms with Crippen molar-refractivity contribution in [3.63, 3.8) is 0 Å². The number of phenols is 1. The summed E-state index contributed by atoms with van der Waals surface area (Å²) in [4.78, 5) is 29.7. The molecule has 2 atom stereocenters. The SMILES string of the molecule is CCOc1cc([C@H](C(=O)NC[C@H]2CCCO2)N(C(=O)Cn2nnc3ccccc32)c2cccc(OC)c2)ccc1O. The zero-order valence-electron chi connectivity index (χ0n) is 23.0. The van der Waals surface area contributed by atoms with Crippen LogP contribution in [0, 0.1) is 0 Å². The number of benzene rings is 3. The lowest BCUT2D eigenvalue weighted by molar-refractivity contribution is -0.127. The number of nitrogens with one attached hydrogen (secondary N) is 1. The molecular formula is C30H33N5O6. The molecule has 1 saturated heterocycles. The minimum absolute atomic E-state index is 0.0672. The van der Waals surface area contributed by atoms with Gasteiger partial charge >= 0.3 is 0 Å². The number of phenolic OH excluding ortho intramolecular Hbond substituents is 1. The maximum Gasteiger partial charge on any atom is 0.249 e. The summed E-state index contributed by atoms with van der Waals surface area (Å²) in [5.74, 6) is -0.152. The molecule has 41 heavy (non-hydrogen) atoms. The number of carbonyl (C=O) groups excluding carboxylic acids is 2. The van der Waals surface area contributed by atoms with Gasteiger partial charge in [-0.25, -0.2) is 4.68 Å². The Bertz CT molecular complexity index is 1520. The summed E-state index contributed by atoms with van der Waals surface area (Å²) < 4.78 is 18.3. The number of hydrogen-bond acceptors (Lipinski definition) is 8. The van der Waals surface area contributed by atoms with Crippen LogP contribution >= 0.6 is 0 Å². The second kappa shape index (κ2) is 12.7. The number of hydrogen-bond donors (Lipinski definition) is 2. The zero-order valence-corrected chi connectivity index (χ0v) is 23.0. The third kappa shape index (κ3) is 6.25. The van der Waals surface area contributed by atoms with Crippen molar-refractivity contribution < 1.29 is 28.9 Å². The molecule has 0 radical (unpaired) electrons. The van der Waals surface area contributed by atoms with Crippen molar-refractivity contribution in [1.29, 1.82) is 0 Å². The van der Waals surface area contributed by atoms with E-state index in [4.69, 9.17) is 14.2 Å². The molecule has 0 aliphatic carbocycles. The van der Waals surface area contributed by atoms with Crippen LogP contribution in [-0.2, 0) is 20.9 Å². The molecule has 5 rings (SSSR count). The topological polar surface area (TPSA) is 128 Å². The van der Waals surface area contributed by atoms with Gasteiger partial charge in [-0.1, -0.05) is 29.5 Å². The number of methoxy groups -OCH3 is 1. The van der Waals surface area contributed by atoms with Crippen LogP contribution in [0.4, 0.5) is 5.69 Å². The van der Waals surface area contributed by atoms with E-state index in [0.29, 0.717) is 47.8 Å². The van der Waals surface area contributed by atoms with Crippen LogP contribution in [0.15, 0.2) is 66.7 Å². The van der Waals surface area contributed by atoms with Crippen molar-refractivity contribution in [2.45, 2.75) is 38.5 Å². The van der Waals surface area contributed by atoms with Crippen molar-refractivity contribution in [3.05, 3.63) is 72.3 Å². The van der Waals surface area contributed by atoms with Gasteiger partial charge in [0.05, 0.1) is 25.3 Å². The molecule has 1 aliphatic heterocycles. The number of fused-ring (bicyclic) bond motifs is 1. The van der Waals surface area contributed by atoms with Gasteiger partial charge in [0.25, 0.3) is 0 Å². The first-order valence-corrected chi connectivity index (χ1v) is 13.6. The Labute approximate surface area is 237 Å². The molecule has 0 spiro atoms. The van der Waals surface area contributed by atoms with Crippen LogP contribution in [0.25, 0.3) is 11.0 Å². The number of aromatic hydroxyl groups is 1. The van der Waals surface area contributed by atoms with Crippen LogP contribution in [0.3, 0.4) is 0 Å². The molecule has 2 N–H and O–H groups in total. The molecule has 2 amide bonds. The van der Waals surface area contributed by atoms with Crippen LogP contribution in [-0.4, -0.2) is 64.9 Å². The lowest BCUT2D eigenvalue weighted by Crippen LogP contribution is -2.46. The molecule has 11 heteroatoms. The van der Waals surface area contributed by atoms with Crippen molar-refractivity contribution in [1.82, 2.24) is 20.3 Å². The van der Waals surface area contributed by atoms with Crippen molar-refractivity contribution in [3.8, 4) is 17.2 Å². The maximum atomic E-state index is 14.2. The standard InChI is InChI=1S/C30H33N5O6/c1-3-40-27-16-20(13-14-26(27)36)29(30(38)31-18-23-10-7-15-41-23)35(21-8-6-9-22(17-21)39-2)28(37)19-34-25-12-5-4-11-24(25)32-33-34/h4-6,8-9,11-14,16-17,23,29,36H,3,7,10,15,18-19H2,1-2H3,(H,31,38)/t23-,29-/m1/s1. The van der Waals surface area contributed by atoms with E-state index in [-0.39, 0.29) is 24.1 Å². The van der Waals surface area contributed by atoms with E-state index in [1.54, 1.807) is 43.3 Å². The second-order valence-electron chi connectivity index (χ2n) is 9.64. The first-order chi connectivity index (χ1) is 20.0. The summed E-state index contributed by atoms with van der Waals surface area (Å²) in [6.07, 6.45) is 1.68. The average molecular weight is 560 g/mol. The highest BCUT2D eigenvalue weighted by Crippen LogP contribution is 2.35. The molecule has 11 nitrogen and oxygen atoms in total. The molecule has 1 fully saturated rings. The Kier molecular flexibility index (Phi) is 8.64. The lowest BCUT2D eigenvalue weighted by atomic mass is 10.0. The fourth-order valence-electron chi connectivity index (χ4n) is 4.94. The second-order valence-corrected chi connectivity index (χ2v) is 9.64. The molecular weight excluding hydrogens is 526 g/mol. The Morgan fingerprint density at radius 2 is 2.02 bits per heavy atom. The normalized spacial score (nSPS) is 15.4. The highest BCUT2D eigenvalue weighted by Gasteiger charge is 2.34. The van der Waals surface area contributed by atoms with Gasteiger partial charge in [-0.2, -0.15) is 0 Å². The van der Waals surface area contributed by atoms with Crippen molar-refractivity contribution in [2.75, 3.05) is 31.8 Å². The monoisotopic (exact) mass is 559 g/mol. The molecule has 0 unspecified atom stereocenters. The van der Waals surface area contributed by atoms with Gasteiger partial charge in [-0.3, -0.25) is 14.5 Å². The van der Waals surface area contributed by atoms with Gasteiger partial charge < -0.3 is 24.6 Å². The summed E-state index contributed by atoms with van der Waals surface area (Å²) >= 11 is 0. The minimum Gasteiger partial charge on any atom is -0.504 e. The van der Waals surface area contributed by atoms with Gasteiger partial charge in [-0.15, -0.1) is 5.10 Å². The Hall–Kier alpha value is -4.64. The average Bonchev–Trinajstić information content (AvgIpc) is 3.66. The highest BCUT2D eigenvalue weighted by atomic mass is 16.5. The lowest BCUT2D eigenvalue weighted by Gasteiger charge is -2.32. The number of amides is 2. The van der Waals surface area contributed by atoms with E-state index in [2.05, 4.69) is 15.6 Å². The molecule has 4 aromatic rings. The number of carbonyl (C=O) groups is 2.